The first kappa shape index (κ1) is 32.4. The van der Waals surface area contributed by atoms with Crippen LogP contribution in [-0.4, -0.2) is 37.1 Å². The minimum Gasteiger partial charge on any atom is -0.352 e. The molecule has 0 saturated heterocycles. The fourth-order valence-electron chi connectivity index (χ4n) is 5.26. The van der Waals surface area contributed by atoms with Crippen LogP contribution in [0.4, 0.5) is 0 Å². The highest BCUT2D eigenvalue weighted by atomic mass is 16.1. The molecule has 1 unspecified atom stereocenters. The van der Waals surface area contributed by atoms with Crippen molar-refractivity contribution in [3.63, 3.8) is 0 Å². The number of hydrogen-bond acceptors (Lipinski definition) is 1. The van der Waals surface area contributed by atoms with Crippen LogP contribution in [0.3, 0.4) is 0 Å². The standard InChI is InChI=1S/C33H58N2O/c1-7-8-9-10-11-12-13-14-15-16-17-18-19-23-28-35(6,29-24-27-34-32(36)30(2)3)33(4,5)31-25-21-20-22-26-31/h20-22,25-26H,2,7-19,23-24,27-29H2,1,3-6H3/p+1. The largest absolute Gasteiger partial charge is 0.352 e. The average Bonchev–Trinajstić information content (AvgIpc) is 2.87. The minimum atomic E-state index is -0.0292. The number of nitrogens with zero attached hydrogens (tertiary/aromatic N) is 1. The third-order valence-electron chi connectivity index (χ3n) is 8.34. The molecule has 0 aliphatic carbocycles. The molecule has 0 spiro atoms. The molecule has 1 N–H and O–H groups in total. The van der Waals surface area contributed by atoms with E-state index in [4.69, 9.17) is 0 Å². The van der Waals surface area contributed by atoms with E-state index in [1.165, 1.54) is 102 Å². The Bertz CT molecular complexity index is 712. The molecule has 3 heteroatoms. The molecule has 0 aliphatic rings. The maximum atomic E-state index is 11.9. The number of quaternary nitrogens is 1. The lowest BCUT2D eigenvalue weighted by atomic mass is 9.89. The second kappa shape index (κ2) is 18.6. The molecule has 0 fully saturated rings. The lowest BCUT2D eigenvalue weighted by Crippen LogP contribution is -2.58. The van der Waals surface area contributed by atoms with E-state index in [1.807, 2.05) is 0 Å². The first-order chi connectivity index (χ1) is 17.2. The molecular formula is C33H59N2O+. The maximum Gasteiger partial charge on any atom is 0.246 e. The summed E-state index contributed by atoms with van der Waals surface area (Å²) in [5.74, 6) is -0.0292. The molecule has 206 valence electrons. The van der Waals surface area contributed by atoms with E-state index >= 15 is 0 Å². The monoisotopic (exact) mass is 499 g/mol. The summed E-state index contributed by atoms with van der Waals surface area (Å²) in [6, 6.07) is 10.9. The molecule has 0 aromatic heterocycles. The molecule has 1 rings (SSSR count). The van der Waals surface area contributed by atoms with E-state index in [1.54, 1.807) is 6.92 Å². The predicted molar refractivity (Wildman–Crippen MR) is 158 cm³/mol. The lowest BCUT2D eigenvalue weighted by molar-refractivity contribution is -0.963. The zero-order chi connectivity index (χ0) is 26.7. The van der Waals surface area contributed by atoms with Crippen LogP contribution in [0, 0.1) is 0 Å². The van der Waals surface area contributed by atoms with E-state index in [9.17, 15) is 4.79 Å². The van der Waals surface area contributed by atoms with Crippen LogP contribution in [0.5, 0.6) is 0 Å². The molecule has 1 atom stereocenters. The van der Waals surface area contributed by atoms with Crippen molar-refractivity contribution in [1.82, 2.24) is 5.32 Å². The van der Waals surface area contributed by atoms with Gasteiger partial charge in [-0.2, -0.15) is 0 Å². The molecule has 1 aromatic carbocycles. The van der Waals surface area contributed by atoms with Crippen molar-refractivity contribution in [2.24, 2.45) is 0 Å². The summed E-state index contributed by atoms with van der Waals surface area (Å²) < 4.78 is 0.998. The van der Waals surface area contributed by atoms with E-state index in [2.05, 4.69) is 70.0 Å². The van der Waals surface area contributed by atoms with Gasteiger partial charge < -0.3 is 9.80 Å². The Kier molecular flexibility index (Phi) is 16.8. The summed E-state index contributed by atoms with van der Waals surface area (Å²) in [6.45, 7) is 15.5. The van der Waals surface area contributed by atoms with Gasteiger partial charge in [0.2, 0.25) is 5.91 Å². The van der Waals surface area contributed by atoms with Gasteiger partial charge in [-0.15, -0.1) is 0 Å². The lowest BCUT2D eigenvalue weighted by Gasteiger charge is -2.48. The number of hydrogen-bond donors (Lipinski definition) is 1. The zero-order valence-electron chi connectivity index (χ0n) is 24.7. The van der Waals surface area contributed by atoms with Crippen LogP contribution in [0.25, 0.3) is 0 Å². The van der Waals surface area contributed by atoms with Gasteiger partial charge in [-0.05, 0) is 33.6 Å². The molecular weight excluding hydrogens is 440 g/mol. The Labute approximate surface area is 224 Å². The number of benzene rings is 1. The summed E-state index contributed by atoms with van der Waals surface area (Å²) in [5.41, 5.74) is 2.00. The average molecular weight is 500 g/mol. The fourth-order valence-corrected chi connectivity index (χ4v) is 5.26. The summed E-state index contributed by atoms with van der Waals surface area (Å²) in [5, 5.41) is 3.02. The van der Waals surface area contributed by atoms with Gasteiger partial charge in [0, 0.05) is 24.1 Å². The van der Waals surface area contributed by atoms with Crippen LogP contribution < -0.4 is 5.32 Å². The normalized spacial score (nSPS) is 13.4. The Morgan fingerprint density at radius 1 is 0.778 bits per heavy atom. The van der Waals surface area contributed by atoms with Crippen molar-refractivity contribution in [2.45, 2.75) is 130 Å². The van der Waals surface area contributed by atoms with Gasteiger partial charge in [0.05, 0.1) is 20.1 Å². The molecule has 1 amide bonds. The number of nitrogens with one attached hydrogen (secondary N) is 1. The summed E-state index contributed by atoms with van der Waals surface area (Å²) >= 11 is 0. The molecule has 0 bridgehead atoms. The molecule has 1 aromatic rings. The topological polar surface area (TPSA) is 29.1 Å². The minimum absolute atomic E-state index is 0.0240. The van der Waals surface area contributed by atoms with Crippen molar-refractivity contribution in [1.29, 1.82) is 0 Å². The summed E-state index contributed by atoms with van der Waals surface area (Å²) in [4.78, 5) is 11.9. The van der Waals surface area contributed by atoms with Crippen molar-refractivity contribution < 1.29 is 9.28 Å². The number of unbranched alkanes of at least 4 members (excludes halogenated alkanes) is 13. The van der Waals surface area contributed by atoms with E-state index < -0.39 is 0 Å². The quantitative estimate of drug-likeness (QED) is 0.0962. The molecule has 0 saturated carbocycles. The van der Waals surface area contributed by atoms with Gasteiger partial charge in [-0.1, -0.05) is 121 Å². The van der Waals surface area contributed by atoms with Crippen molar-refractivity contribution in [3.8, 4) is 0 Å². The van der Waals surface area contributed by atoms with Gasteiger partial charge in [-0.3, -0.25) is 4.79 Å². The second-order valence-corrected chi connectivity index (χ2v) is 11.8. The van der Waals surface area contributed by atoms with Crippen molar-refractivity contribution in [2.75, 3.05) is 26.7 Å². The third-order valence-corrected chi connectivity index (χ3v) is 8.34. The van der Waals surface area contributed by atoms with Gasteiger partial charge in [-0.25, -0.2) is 0 Å². The predicted octanol–water partition coefficient (Wildman–Crippen LogP) is 8.93. The van der Waals surface area contributed by atoms with Crippen molar-refractivity contribution in [3.05, 3.63) is 48.0 Å². The molecule has 0 radical (unpaired) electrons. The summed E-state index contributed by atoms with van der Waals surface area (Å²) in [6.07, 6.45) is 20.5. The van der Waals surface area contributed by atoms with Gasteiger partial charge in [0.25, 0.3) is 0 Å². The van der Waals surface area contributed by atoms with E-state index in [0.717, 1.165) is 17.4 Å². The first-order valence-corrected chi connectivity index (χ1v) is 15.1. The second-order valence-electron chi connectivity index (χ2n) is 11.8. The molecule has 3 nitrogen and oxygen atoms in total. The third kappa shape index (κ3) is 12.6. The zero-order valence-corrected chi connectivity index (χ0v) is 24.7. The summed E-state index contributed by atoms with van der Waals surface area (Å²) in [7, 11) is 2.41. The Balaban J connectivity index is 2.39. The Morgan fingerprint density at radius 2 is 1.22 bits per heavy atom. The van der Waals surface area contributed by atoms with Gasteiger partial charge >= 0.3 is 0 Å². The molecule has 36 heavy (non-hydrogen) atoms. The van der Waals surface area contributed by atoms with E-state index in [-0.39, 0.29) is 11.4 Å². The van der Waals surface area contributed by atoms with Gasteiger partial charge in [0.15, 0.2) is 0 Å². The van der Waals surface area contributed by atoms with Crippen LogP contribution >= 0.6 is 0 Å². The maximum absolute atomic E-state index is 11.9. The highest BCUT2D eigenvalue weighted by Gasteiger charge is 2.40. The van der Waals surface area contributed by atoms with Crippen LogP contribution in [0.1, 0.15) is 130 Å². The number of amides is 1. The van der Waals surface area contributed by atoms with Crippen LogP contribution in [0.15, 0.2) is 42.5 Å². The Hall–Kier alpha value is -1.61. The SMILES string of the molecule is C=C(C)C(=O)NCCC[N+](C)(CCCCCCCCCCCCCCCC)C(C)(C)c1ccccc1. The number of rotatable bonds is 22. The van der Waals surface area contributed by atoms with Crippen molar-refractivity contribution >= 4 is 5.91 Å². The fraction of sp³-hybridized carbons (Fsp3) is 0.727. The van der Waals surface area contributed by atoms with Gasteiger partial charge in [0.1, 0.15) is 5.54 Å². The van der Waals surface area contributed by atoms with Crippen LogP contribution in [0.2, 0.25) is 0 Å². The molecule has 0 aliphatic heterocycles. The van der Waals surface area contributed by atoms with E-state index in [0.29, 0.717) is 12.1 Å². The number of carbonyl (C=O) groups excluding carboxylic acids is 1. The highest BCUT2D eigenvalue weighted by molar-refractivity contribution is 5.91. The van der Waals surface area contributed by atoms with Crippen LogP contribution in [-0.2, 0) is 10.3 Å². The highest BCUT2D eigenvalue weighted by Crippen LogP contribution is 2.34. The molecule has 0 heterocycles. The smallest absolute Gasteiger partial charge is 0.246 e. The number of carbonyl (C=O) groups is 1. The first-order valence-electron chi connectivity index (χ1n) is 15.1. The Morgan fingerprint density at radius 3 is 1.69 bits per heavy atom.